The van der Waals surface area contributed by atoms with Crippen molar-refractivity contribution < 1.29 is 33.6 Å². The third-order valence-corrected chi connectivity index (χ3v) is 11.2. The van der Waals surface area contributed by atoms with E-state index in [-0.39, 0.29) is 41.2 Å². The Morgan fingerprint density at radius 1 is 0.913 bits per heavy atom. The first-order valence-corrected chi connectivity index (χ1v) is 15.2. The lowest BCUT2D eigenvalue weighted by Gasteiger charge is -2.50. The van der Waals surface area contributed by atoms with Crippen LogP contribution in [0.25, 0.3) is 0 Å². The number of nitrogens with zero attached hydrogens (tertiary/aromatic N) is 3. The lowest BCUT2D eigenvalue weighted by Crippen LogP contribution is -2.60. The van der Waals surface area contributed by atoms with Crippen molar-refractivity contribution in [2.45, 2.75) is 35.4 Å². The molecule has 1 saturated carbocycles. The first kappa shape index (κ1) is 30.1. The van der Waals surface area contributed by atoms with Gasteiger partial charge in [0.1, 0.15) is 11.6 Å². The molecular formula is C33H24Cl2FN3O7. The van der Waals surface area contributed by atoms with Gasteiger partial charge in [0.25, 0.3) is 17.5 Å². The topological polar surface area (TPSA) is 138 Å². The number of halogens is 3. The van der Waals surface area contributed by atoms with Crippen LogP contribution in [0.4, 0.5) is 21.5 Å². The number of phenolic OH excluding ortho intramolecular Hbond substituents is 1. The van der Waals surface area contributed by atoms with Gasteiger partial charge in [-0.25, -0.2) is 14.2 Å². The highest BCUT2D eigenvalue weighted by atomic mass is 35.5. The Hall–Kier alpha value is -4.61. The van der Waals surface area contributed by atoms with Gasteiger partial charge in [-0.1, -0.05) is 35.9 Å². The van der Waals surface area contributed by atoms with E-state index in [0.29, 0.717) is 11.1 Å². The molecule has 0 radical (unpaired) electrons. The number of para-hydroxylation sites is 1. The van der Waals surface area contributed by atoms with E-state index in [1.807, 2.05) is 0 Å². The quantitative estimate of drug-likeness (QED) is 0.128. The largest absolute Gasteiger partial charge is 0.507 e. The van der Waals surface area contributed by atoms with Crippen LogP contribution in [-0.2, 0) is 19.2 Å². The monoisotopic (exact) mass is 663 g/mol. The van der Waals surface area contributed by atoms with Crippen LogP contribution in [0.15, 0.2) is 78.4 Å². The zero-order chi connectivity index (χ0) is 32.9. The third kappa shape index (κ3) is 3.88. The molecule has 0 spiro atoms. The number of benzene rings is 3. The number of fused-ring (bicyclic) bond motifs is 4. The molecule has 6 atom stereocenters. The number of aromatic hydroxyl groups is 1. The molecule has 13 heteroatoms. The number of hydrogen-bond donors (Lipinski definition) is 1. The molecule has 0 aromatic heterocycles. The van der Waals surface area contributed by atoms with Crippen LogP contribution in [0.3, 0.4) is 0 Å². The normalized spacial score (nSPS) is 30.2. The van der Waals surface area contributed by atoms with E-state index in [2.05, 4.69) is 0 Å². The van der Waals surface area contributed by atoms with Gasteiger partial charge in [-0.2, -0.15) is 0 Å². The van der Waals surface area contributed by atoms with Crippen molar-refractivity contribution in [2.75, 3.05) is 9.80 Å². The van der Waals surface area contributed by atoms with Crippen LogP contribution in [-0.4, -0.2) is 43.4 Å². The van der Waals surface area contributed by atoms with Crippen LogP contribution < -0.4 is 9.80 Å². The molecule has 3 aromatic rings. The molecule has 46 heavy (non-hydrogen) atoms. The number of carbonyl (C=O) groups excluding carboxylic acids is 4. The Balaban J connectivity index is 1.40. The SMILES string of the molecule is Cc1cccc([C@H]2C3=CC[C@@H]4C(=O)N(c5cccc([N+](=O)[O-])c5)C(=O)[C@@H]4[C@@H]3C[C@@]3(Cl)C(=O)N(c4ccc(F)cc4)C(=O)[C@@]23Cl)c1O. The molecule has 2 saturated heterocycles. The minimum absolute atomic E-state index is 0.0331. The van der Waals surface area contributed by atoms with Crippen molar-refractivity contribution in [1.82, 2.24) is 0 Å². The Morgan fingerprint density at radius 2 is 1.61 bits per heavy atom. The summed E-state index contributed by atoms with van der Waals surface area (Å²) < 4.78 is 13.8. The van der Waals surface area contributed by atoms with Crippen molar-refractivity contribution in [2.24, 2.45) is 17.8 Å². The highest BCUT2D eigenvalue weighted by molar-refractivity contribution is 6.58. The van der Waals surface area contributed by atoms with Crippen molar-refractivity contribution in [1.29, 1.82) is 0 Å². The van der Waals surface area contributed by atoms with Crippen molar-refractivity contribution >= 4 is 63.9 Å². The average molecular weight is 664 g/mol. The summed E-state index contributed by atoms with van der Waals surface area (Å²) in [5, 5.41) is 22.7. The molecular weight excluding hydrogens is 640 g/mol. The number of allylic oxidation sites excluding steroid dienone is 2. The number of phenols is 1. The van der Waals surface area contributed by atoms with Gasteiger partial charge < -0.3 is 5.11 Å². The summed E-state index contributed by atoms with van der Waals surface area (Å²) in [6.45, 7) is 1.65. The molecule has 2 aliphatic heterocycles. The Labute approximate surface area is 271 Å². The minimum atomic E-state index is -2.19. The maximum absolute atomic E-state index is 14.4. The number of aryl methyl sites for hydroxylation is 1. The fourth-order valence-electron chi connectivity index (χ4n) is 7.66. The van der Waals surface area contributed by atoms with Crippen LogP contribution in [0.5, 0.6) is 5.75 Å². The second kappa shape index (κ2) is 10.2. The number of carbonyl (C=O) groups is 4. The van der Waals surface area contributed by atoms with Crippen molar-refractivity contribution in [3.63, 3.8) is 0 Å². The molecule has 10 nitrogen and oxygen atoms in total. The van der Waals surface area contributed by atoms with E-state index in [4.69, 9.17) is 23.2 Å². The number of rotatable bonds is 4. The summed E-state index contributed by atoms with van der Waals surface area (Å²) in [7, 11) is 0. The number of anilines is 2. The minimum Gasteiger partial charge on any atom is -0.507 e. The van der Waals surface area contributed by atoms with Gasteiger partial charge >= 0.3 is 0 Å². The summed E-state index contributed by atoms with van der Waals surface area (Å²) in [5.74, 6) is -7.72. The van der Waals surface area contributed by atoms with Crippen LogP contribution in [0.2, 0.25) is 0 Å². The molecule has 2 heterocycles. The molecule has 4 aliphatic rings. The zero-order valence-electron chi connectivity index (χ0n) is 24.0. The fraction of sp³-hybridized carbons (Fsp3) is 0.273. The molecule has 0 bridgehead atoms. The Bertz CT molecular complexity index is 1930. The molecule has 0 unspecified atom stereocenters. The van der Waals surface area contributed by atoms with Crippen LogP contribution in [0, 0.1) is 40.6 Å². The molecule has 3 aromatic carbocycles. The summed E-state index contributed by atoms with van der Waals surface area (Å²) in [5.41, 5.74) is 0.913. The van der Waals surface area contributed by atoms with Crippen LogP contribution >= 0.6 is 23.2 Å². The van der Waals surface area contributed by atoms with E-state index in [1.165, 1.54) is 30.3 Å². The number of non-ortho nitro benzene ring substituents is 1. The van der Waals surface area contributed by atoms with Gasteiger partial charge in [0, 0.05) is 23.6 Å². The summed E-state index contributed by atoms with van der Waals surface area (Å²) in [6.07, 6.45) is 1.49. The Morgan fingerprint density at radius 3 is 2.30 bits per heavy atom. The zero-order valence-corrected chi connectivity index (χ0v) is 25.5. The summed E-state index contributed by atoms with van der Waals surface area (Å²) in [4.78, 5) is 64.8. The standard InChI is InChI=1S/C33H24Cl2FN3O7/c1-16-4-2-7-23(27(16)40)26-21-12-13-22-25(29(42)37(28(22)41)19-5-3-6-20(14-19)39(45)46)24(21)15-32(34)30(43)38(31(44)33(26,32)35)18-10-8-17(36)9-11-18/h2-12,14,22,24-26,40H,13,15H2,1H3/t22-,24+,25-,26+,32+,33-/m0/s1. The molecule has 234 valence electrons. The lowest BCUT2D eigenvalue weighted by molar-refractivity contribution is -0.384. The smallest absolute Gasteiger partial charge is 0.271 e. The van der Waals surface area contributed by atoms with Gasteiger partial charge in [-0.05, 0) is 61.6 Å². The molecule has 7 rings (SSSR count). The first-order chi connectivity index (χ1) is 21.8. The summed E-state index contributed by atoms with van der Waals surface area (Å²) >= 11 is 14.6. The molecule has 3 fully saturated rings. The van der Waals surface area contributed by atoms with Gasteiger partial charge in [0.2, 0.25) is 11.8 Å². The average Bonchev–Trinajstić information content (AvgIpc) is 3.37. The van der Waals surface area contributed by atoms with Crippen molar-refractivity contribution in [3.8, 4) is 5.75 Å². The lowest BCUT2D eigenvalue weighted by atomic mass is 9.56. The number of hydrogen-bond acceptors (Lipinski definition) is 7. The highest BCUT2D eigenvalue weighted by Crippen LogP contribution is 2.66. The summed E-state index contributed by atoms with van der Waals surface area (Å²) in [6, 6.07) is 14.7. The van der Waals surface area contributed by atoms with E-state index in [1.54, 1.807) is 31.2 Å². The number of imide groups is 2. The highest BCUT2D eigenvalue weighted by Gasteiger charge is 2.77. The van der Waals surface area contributed by atoms with Crippen LogP contribution in [0.1, 0.15) is 29.9 Å². The van der Waals surface area contributed by atoms with E-state index in [9.17, 15) is 38.8 Å². The fourth-order valence-corrected chi connectivity index (χ4v) is 8.59. The maximum Gasteiger partial charge on any atom is 0.271 e. The number of nitro benzene ring substituents is 1. The second-order valence-corrected chi connectivity index (χ2v) is 13.3. The predicted molar refractivity (Wildman–Crippen MR) is 165 cm³/mol. The first-order valence-electron chi connectivity index (χ1n) is 14.4. The van der Waals surface area contributed by atoms with Gasteiger partial charge in [-0.3, -0.25) is 29.3 Å². The van der Waals surface area contributed by atoms with E-state index < -0.39 is 67.8 Å². The molecule has 2 aliphatic carbocycles. The Kier molecular flexibility index (Phi) is 6.67. The molecule has 4 amide bonds. The number of alkyl halides is 2. The third-order valence-electron chi connectivity index (χ3n) is 9.77. The van der Waals surface area contributed by atoms with Gasteiger partial charge in [0.15, 0.2) is 9.75 Å². The maximum atomic E-state index is 14.4. The van der Waals surface area contributed by atoms with E-state index >= 15 is 0 Å². The molecule has 1 N–H and O–H groups in total. The number of amides is 4. The number of nitro groups is 1. The second-order valence-electron chi connectivity index (χ2n) is 12.1. The van der Waals surface area contributed by atoms with Crippen molar-refractivity contribution in [3.05, 3.63) is 105 Å². The van der Waals surface area contributed by atoms with Gasteiger partial charge in [0.05, 0.1) is 28.1 Å². The predicted octanol–water partition coefficient (Wildman–Crippen LogP) is 5.52. The van der Waals surface area contributed by atoms with Gasteiger partial charge in [-0.15, -0.1) is 23.2 Å². The van der Waals surface area contributed by atoms with E-state index in [0.717, 1.165) is 28.0 Å².